The number of benzene rings is 3. The number of carbonyl (C=O) groups is 3. The highest BCUT2D eigenvalue weighted by atomic mass is 79.9. The highest BCUT2D eigenvalue weighted by molar-refractivity contribution is 9.10. The SMILES string of the molecule is Cc1cccc(COc2c(Cl)cc(/C=C3\C(=O)NC(=O)N(c4ccc(F)cc4)C3=O)cc2Br)c1. The average molecular weight is 544 g/mol. The Balaban J connectivity index is 1.60. The number of nitrogens with zero attached hydrogens (tertiary/aromatic N) is 1. The molecule has 1 aliphatic heterocycles. The number of ether oxygens (including phenoxy) is 1. The minimum atomic E-state index is -0.919. The van der Waals surface area contributed by atoms with Crippen LogP contribution in [0.15, 0.2) is 70.7 Å². The van der Waals surface area contributed by atoms with E-state index in [1.54, 1.807) is 12.1 Å². The zero-order chi connectivity index (χ0) is 24.4. The molecule has 172 valence electrons. The van der Waals surface area contributed by atoms with Crippen molar-refractivity contribution in [2.45, 2.75) is 13.5 Å². The lowest BCUT2D eigenvalue weighted by Gasteiger charge is -2.26. The number of urea groups is 1. The molecule has 0 aromatic heterocycles. The molecular formula is C25H17BrClFN2O4. The van der Waals surface area contributed by atoms with Gasteiger partial charge < -0.3 is 4.74 Å². The third-order valence-corrected chi connectivity index (χ3v) is 5.85. The molecule has 0 spiro atoms. The number of imide groups is 2. The minimum Gasteiger partial charge on any atom is -0.486 e. The summed E-state index contributed by atoms with van der Waals surface area (Å²) in [5.41, 5.74) is 2.37. The molecule has 9 heteroatoms. The smallest absolute Gasteiger partial charge is 0.335 e. The van der Waals surface area contributed by atoms with Crippen LogP contribution in [-0.2, 0) is 16.2 Å². The Hall–Kier alpha value is -3.49. The van der Waals surface area contributed by atoms with E-state index in [0.717, 1.165) is 28.2 Å². The maximum atomic E-state index is 13.3. The molecule has 34 heavy (non-hydrogen) atoms. The Kier molecular flexibility index (Phi) is 6.81. The van der Waals surface area contributed by atoms with Crippen LogP contribution >= 0.6 is 27.5 Å². The fourth-order valence-corrected chi connectivity index (χ4v) is 4.40. The number of carbonyl (C=O) groups excluding carboxylic acids is 3. The Morgan fingerprint density at radius 3 is 2.50 bits per heavy atom. The van der Waals surface area contributed by atoms with E-state index in [9.17, 15) is 18.8 Å². The standard InChI is InChI=1S/C25H17BrClFN2O4/c1-14-3-2-4-15(9-14)13-34-22-20(26)11-16(12-21(22)27)10-19-23(31)29-25(33)30(24(19)32)18-7-5-17(28)6-8-18/h2-12H,13H2,1H3,(H,29,31,33)/b19-10+. The van der Waals surface area contributed by atoms with Crippen molar-refractivity contribution in [3.8, 4) is 5.75 Å². The van der Waals surface area contributed by atoms with Crippen molar-refractivity contribution in [1.29, 1.82) is 0 Å². The Morgan fingerprint density at radius 2 is 1.82 bits per heavy atom. The van der Waals surface area contributed by atoms with E-state index in [1.165, 1.54) is 18.2 Å². The topological polar surface area (TPSA) is 75.7 Å². The molecule has 1 saturated heterocycles. The van der Waals surface area contributed by atoms with Gasteiger partial charge in [-0.1, -0.05) is 41.4 Å². The number of aryl methyl sites for hydroxylation is 1. The third kappa shape index (κ3) is 5.03. The van der Waals surface area contributed by atoms with Crippen molar-refractivity contribution >= 4 is 57.1 Å². The van der Waals surface area contributed by atoms with Crippen molar-refractivity contribution in [1.82, 2.24) is 5.32 Å². The number of nitrogens with one attached hydrogen (secondary N) is 1. The first kappa shape index (κ1) is 23.7. The first-order chi connectivity index (χ1) is 16.2. The van der Waals surface area contributed by atoms with Crippen LogP contribution in [-0.4, -0.2) is 17.8 Å². The van der Waals surface area contributed by atoms with Gasteiger partial charge in [-0.15, -0.1) is 0 Å². The molecule has 4 rings (SSSR count). The van der Waals surface area contributed by atoms with Gasteiger partial charge in [0.25, 0.3) is 11.8 Å². The minimum absolute atomic E-state index is 0.126. The summed E-state index contributed by atoms with van der Waals surface area (Å²) in [5.74, 6) is -1.80. The Bertz CT molecular complexity index is 1320. The van der Waals surface area contributed by atoms with Crippen LogP contribution in [0.3, 0.4) is 0 Å². The molecule has 0 atom stereocenters. The van der Waals surface area contributed by atoms with Gasteiger partial charge in [-0.25, -0.2) is 14.1 Å². The van der Waals surface area contributed by atoms with Crippen LogP contribution in [0.25, 0.3) is 6.08 Å². The van der Waals surface area contributed by atoms with Gasteiger partial charge in [0.05, 0.1) is 15.2 Å². The summed E-state index contributed by atoms with van der Waals surface area (Å²) in [6, 6.07) is 14.9. The zero-order valence-corrected chi connectivity index (χ0v) is 20.1. The molecule has 0 bridgehead atoms. The molecule has 3 aromatic rings. The van der Waals surface area contributed by atoms with Gasteiger partial charge in [0.15, 0.2) is 5.75 Å². The second kappa shape index (κ2) is 9.79. The molecule has 0 radical (unpaired) electrons. The van der Waals surface area contributed by atoms with Crippen molar-refractivity contribution in [2.24, 2.45) is 0 Å². The molecular weight excluding hydrogens is 527 g/mol. The number of hydrogen-bond donors (Lipinski definition) is 1. The van der Waals surface area contributed by atoms with E-state index >= 15 is 0 Å². The van der Waals surface area contributed by atoms with Crippen LogP contribution in [0.2, 0.25) is 5.02 Å². The predicted octanol–water partition coefficient (Wildman–Crippen LogP) is 5.80. The van der Waals surface area contributed by atoms with E-state index in [4.69, 9.17) is 16.3 Å². The van der Waals surface area contributed by atoms with E-state index in [2.05, 4.69) is 21.2 Å². The van der Waals surface area contributed by atoms with E-state index in [1.807, 2.05) is 31.2 Å². The second-order valence-electron chi connectivity index (χ2n) is 7.53. The molecule has 0 unspecified atom stereocenters. The summed E-state index contributed by atoms with van der Waals surface area (Å²) < 4.78 is 19.6. The van der Waals surface area contributed by atoms with E-state index in [-0.39, 0.29) is 16.3 Å². The number of halogens is 3. The molecule has 3 aromatic carbocycles. The van der Waals surface area contributed by atoms with Crippen LogP contribution in [0.5, 0.6) is 5.75 Å². The van der Waals surface area contributed by atoms with Crippen molar-refractivity contribution in [3.63, 3.8) is 0 Å². The predicted molar refractivity (Wildman–Crippen MR) is 130 cm³/mol. The second-order valence-corrected chi connectivity index (χ2v) is 8.79. The number of rotatable bonds is 5. The fraction of sp³-hybridized carbons (Fsp3) is 0.0800. The van der Waals surface area contributed by atoms with Gasteiger partial charge in [-0.2, -0.15) is 0 Å². The van der Waals surface area contributed by atoms with Gasteiger partial charge in [-0.05, 0) is 76.5 Å². The van der Waals surface area contributed by atoms with Crippen molar-refractivity contribution < 1.29 is 23.5 Å². The molecule has 1 heterocycles. The van der Waals surface area contributed by atoms with Crippen LogP contribution < -0.4 is 15.0 Å². The normalized spacial score (nSPS) is 15.0. The summed E-state index contributed by atoms with van der Waals surface area (Å²) in [7, 11) is 0. The van der Waals surface area contributed by atoms with Crippen LogP contribution in [0.1, 0.15) is 16.7 Å². The lowest BCUT2D eigenvalue weighted by atomic mass is 10.1. The first-order valence-corrected chi connectivity index (χ1v) is 11.2. The monoisotopic (exact) mass is 542 g/mol. The summed E-state index contributed by atoms with van der Waals surface area (Å²) in [4.78, 5) is 38.4. The molecule has 0 saturated carbocycles. The van der Waals surface area contributed by atoms with Crippen LogP contribution in [0.4, 0.5) is 14.9 Å². The molecule has 4 amide bonds. The largest absolute Gasteiger partial charge is 0.486 e. The molecule has 1 aliphatic rings. The van der Waals surface area contributed by atoms with E-state index < -0.39 is 23.7 Å². The lowest BCUT2D eigenvalue weighted by molar-refractivity contribution is -0.122. The Morgan fingerprint density at radius 1 is 1.09 bits per heavy atom. The maximum absolute atomic E-state index is 13.3. The number of anilines is 1. The summed E-state index contributed by atoms with van der Waals surface area (Å²) in [5, 5.41) is 2.39. The molecule has 6 nitrogen and oxygen atoms in total. The average Bonchev–Trinajstić information content (AvgIpc) is 2.77. The van der Waals surface area contributed by atoms with Gasteiger partial charge >= 0.3 is 6.03 Å². The molecule has 1 fully saturated rings. The quantitative estimate of drug-likeness (QED) is 0.326. The fourth-order valence-electron chi connectivity index (χ4n) is 3.41. The first-order valence-electron chi connectivity index (χ1n) is 10.1. The summed E-state index contributed by atoms with van der Waals surface area (Å²) in [6.07, 6.45) is 1.32. The lowest BCUT2D eigenvalue weighted by Crippen LogP contribution is -2.54. The Labute approximate surface area is 208 Å². The van der Waals surface area contributed by atoms with Crippen molar-refractivity contribution in [2.75, 3.05) is 4.90 Å². The van der Waals surface area contributed by atoms with Gasteiger partial charge in [-0.3, -0.25) is 14.9 Å². The summed E-state index contributed by atoms with van der Waals surface area (Å²) >= 11 is 9.84. The number of hydrogen-bond acceptors (Lipinski definition) is 4. The van der Waals surface area contributed by atoms with Gasteiger partial charge in [0.2, 0.25) is 0 Å². The highest BCUT2D eigenvalue weighted by Crippen LogP contribution is 2.36. The van der Waals surface area contributed by atoms with Crippen molar-refractivity contribution in [3.05, 3.63) is 98.2 Å². The molecule has 1 N–H and O–H groups in total. The van der Waals surface area contributed by atoms with Crippen LogP contribution in [0, 0.1) is 12.7 Å². The van der Waals surface area contributed by atoms with Gasteiger partial charge in [0, 0.05) is 0 Å². The summed E-state index contributed by atoms with van der Waals surface area (Å²) in [6.45, 7) is 2.29. The number of amides is 4. The third-order valence-electron chi connectivity index (χ3n) is 4.98. The zero-order valence-electron chi connectivity index (χ0n) is 17.8. The molecule has 0 aliphatic carbocycles. The van der Waals surface area contributed by atoms with Gasteiger partial charge in [0.1, 0.15) is 18.0 Å². The van der Waals surface area contributed by atoms with E-state index in [0.29, 0.717) is 22.4 Å². The highest BCUT2D eigenvalue weighted by Gasteiger charge is 2.36. The number of barbiturate groups is 1. The maximum Gasteiger partial charge on any atom is 0.335 e.